The molecule has 2 heterocycles. The van der Waals surface area contributed by atoms with Gasteiger partial charge in [-0.15, -0.1) is 0 Å². The van der Waals surface area contributed by atoms with Crippen molar-refractivity contribution in [2.24, 2.45) is 11.1 Å². The summed E-state index contributed by atoms with van der Waals surface area (Å²) in [5.74, 6) is 1.15. The van der Waals surface area contributed by atoms with Crippen molar-refractivity contribution >= 4 is 0 Å². The average Bonchev–Trinajstić information content (AvgIpc) is 2.97. The first kappa shape index (κ1) is 13.2. The van der Waals surface area contributed by atoms with E-state index in [1.54, 1.807) is 18.6 Å². The van der Waals surface area contributed by atoms with Crippen LogP contribution in [0.25, 0.3) is 11.5 Å². The summed E-state index contributed by atoms with van der Waals surface area (Å²) in [6.45, 7) is 0.676. The Balaban J connectivity index is 1.77. The molecule has 0 aromatic carbocycles. The Bertz CT molecular complexity index is 548. The lowest BCUT2D eigenvalue weighted by Gasteiger charge is -2.34. The van der Waals surface area contributed by atoms with Gasteiger partial charge in [-0.25, -0.2) is 4.98 Å². The van der Waals surface area contributed by atoms with E-state index in [1.165, 1.54) is 19.3 Å². The molecule has 0 unspecified atom stereocenters. The van der Waals surface area contributed by atoms with E-state index in [1.807, 2.05) is 0 Å². The molecule has 20 heavy (non-hydrogen) atoms. The van der Waals surface area contributed by atoms with Gasteiger partial charge in [0, 0.05) is 18.8 Å². The number of hydrogen-bond donors (Lipinski definition) is 1. The molecule has 2 aromatic heterocycles. The highest BCUT2D eigenvalue weighted by Crippen LogP contribution is 2.38. The third-order valence-corrected chi connectivity index (χ3v) is 4.13. The smallest absolute Gasteiger partial charge is 0.227 e. The van der Waals surface area contributed by atoms with Gasteiger partial charge in [-0.2, -0.15) is 4.98 Å². The molecule has 1 aliphatic carbocycles. The Morgan fingerprint density at radius 2 is 2.05 bits per heavy atom. The minimum Gasteiger partial charge on any atom is -0.339 e. The van der Waals surface area contributed by atoms with Crippen molar-refractivity contribution in [3.8, 4) is 11.5 Å². The van der Waals surface area contributed by atoms with Crippen molar-refractivity contribution in [1.29, 1.82) is 0 Å². The van der Waals surface area contributed by atoms with Gasteiger partial charge in [-0.3, -0.25) is 4.98 Å². The van der Waals surface area contributed by atoms with Crippen LogP contribution in [0.5, 0.6) is 0 Å². The van der Waals surface area contributed by atoms with E-state index in [0.717, 1.165) is 19.3 Å². The van der Waals surface area contributed by atoms with Crippen molar-refractivity contribution < 1.29 is 4.52 Å². The first-order valence-electron chi connectivity index (χ1n) is 7.10. The molecule has 6 heteroatoms. The number of aromatic nitrogens is 4. The maximum absolute atomic E-state index is 5.99. The van der Waals surface area contributed by atoms with Crippen LogP contribution in [0, 0.1) is 5.41 Å². The lowest BCUT2D eigenvalue weighted by atomic mass is 9.72. The van der Waals surface area contributed by atoms with Crippen LogP contribution in [0.1, 0.15) is 38.0 Å². The molecule has 0 radical (unpaired) electrons. The lowest BCUT2D eigenvalue weighted by Crippen LogP contribution is -2.35. The highest BCUT2D eigenvalue weighted by molar-refractivity contribution is 5.45. The summed E-state index contributed by atoms with van der Waals surface area (Å²) in [7, 11) is 0. The molecule has 2 aromatic rings. The zero-order valence-corrected chi connectivity index (χ0v) is 11.5. The summed E-state index contributed by atoms with van der Waals surface area (Å²) in [4.78, 5) is 12.6. The van der Waals surface area contributed by atoms with E-state index in [4.69, 9.17) is 10.3 Å². The molecule has 0 amide bonds. The zero-order chi connectivity index (χ0) is 13.8. The third-order valence-electron chi connectivity index (χ3n) is 4.13. The Morgan fingerprint density at radius 1 is 1.20 bits per heavy atom. The fraction of sp³-hybridized carbons (Fsp3) is 0.571. The van der Waals surface area contributed by atoms with E-state index in [9.17, 15) is 0 Å². The van der Waals surface area contributed by atoms with Gasteiger partial charge < -0.3 is 10.3 Å². The average molecular weight is 273 g/mol. The van der Waals surface area contributed by atoms with Crippen LogP contribution in [0.15, 0.2) is 23.1 Å². The van der Waals surface area contributed by atoms with Crippen LogP contribution >= 0.6 is 0 Å². The maximum atomic E-state index is 5.99. The lowest BCUT2D eigenvalue weighted by molar-refractivity contribution is 0.177. The third kappa shape index (κ3) is 2.70. The summed E-state index contributed by atoms with van der Waals surface area (Å²) in [6.07, 6.45) is 11.7. The standard InChI is InChI=1S/C14H19N5O/c15-10-14(4-2-1-3-5-14)8-12-18-13(19-20-12)11-9-16-6-7-17-11/h6-7,9H,1-5,8,10,15H2. The van der Waals surface area contributed by atoms with Crippen LogP contribution in [0.3, 0.4) is 0 Å². The van der Waals surface area contributed by atoms with Gasteiger partial charge in [0.1, 0.15) is 5.69 Å². The highest BCUT2D eigenvalue weighted by atomic mass is 16.5. The van der Waals surface area contributed by atoms with Crippen molar-refractivity contribution in [2.45, 2.75) is 38.5 Å². The van der Waals surface area contributed by atoms with Gasteiger partial charge >= 0.3 is 0 Å². The van der Waals surface area contributed by atoms with Gasteiger partial charge in [0.05, 0.1) is 6.20 Å². The van der Waals surface area contributed by atoms with Gasteiger partial charge in [0.2, 0.25) is 11.7 Å². The molecule has 1 fully saturated rings. The topological polar surface area (TPSA) is 90.7 Å². The first-order valence-corrected chi connectivity index (χ1v) is 7.10. The summed E-state index contributed by atoms with van der Waals surface area (Å²) in [5.41, 5.74) is 6.75. The van der Waals surface area contributed by atoms with Gasteiger partial charge in [0.15, 0.2) is 0 Å². The van der Waals surface area contributed by atoms with Gasteiger partial charge in [0.25, 0.3) is 0 Å². The summed E-state index contributed by atoms with van der Waals surface area (Å²) < 4.78 is 5.36. The molecule has 1 aliphatic rings. The molecule has 0 saturated heterocycles. The molecular formula is C14H19N5O. The second kappa shape index (κ2) is 5.66. The number of rotatable bonds is 4. The molecule has 0 bridgehead atoms. The van der Waals surface area contributed by atoms with E-state index in [2.05, 4.69) is 20.1 Å². The van der Waals surface area contributed by atoms with E-state index < -0.39 is 0 Å². The van der Waals surface area contributed by atoms with Crippen molar-refractivity contribution in [1.82, 2.24) is 20.1 Å². The fourth-order valence-corrected chi connectivity index (χ4v) is 2.92. The molecule has 1 saturated carbocycles. The maximum Gasteiger partial charge on any atom is 0.227 e. The number of hydrogen-bond acceptors (Lipinski definition) is 6. The molecule has 106 valence electrons. The quantitative estimate of drug-likeness (QED) is 0.915. The minimum atomic E-state index is 0.129. The van der Waals surface area contributed by atoms with Crippen LogP contribution in [-0.2, 0) is 6.42 Å². The molecule has 3 rings (SSSR count). The van der Waals surface area contributed by atoms with Crippen molar-refractivity contribution in [3.05, 3.63) is 24.5 Å². The molecule has 0 aliphatic heterocycles. The number of nitrogens with zero attached hydrogens (tertiary/aromatic N) is 4. The second-order valence-corrected chi connectivity index (χ2v) is 5.54. The molecule has 0 spiro atoms. The molecule has 6 nitrogen and oxygen atoms in total. The number of nitrogens with two attached hydrogens (primary N) is 1. The van der Waals surface area contributed by atoms with Crippen LogP contribution in [-0.4, -0.2) is 26.7 Å². The Labute approximate surface area is 117 Å². The van der Waals surface area contributed by atoms with Gasteiger partial charge in [-0.1, -0.05) is 24.4 Å². The fourth-order valence-electron chi connectivity index (χ4n) is 2.92. The summed E-state index contributed by atoms with van der Waals surface area (Å²) in [6, 6.07) is 0. The van der Waals surface area contributed by atoms with E-state index in [0.29, 0.717) is 24.0 Å². The summed E-state index contributed by atoms with van der Waals surface area (Å²) in [5, 5.41) is 3.99. The monoisotopic (exact) mass is 273 g/mol. The minimum absolute atomic E-state index is 0.129. The predicted molar refractivity (Wildman–Crippen MR) is 73.6 cm³/mol. The first-order chi connectivity index (χ1) is 9.81. The SMILES string of the molecule is NCC1(Cc2nc(-c3cnccn3)no2)CCCCC1. The van der Waals surface area contributed by atoms with E-state index in [-0.39, 0.29) is 5.41 Å². The zero-order valence-electron chi connectivity index (χ0n) is 11.5. The normalized spacial score (nSPS) is 18.1. The van der Waals surface area contributed by atoms with Crippen LogP contribution < -0.4 is 5.73 Å². The predicted octanol–water partition coefficient (Wildman–Crippen LogP) is 1.98. The Hall–Kier alpha value is -1.82. The largest absolute Gasteiger partial charge is 0.339 e. The summed E-state index contributed by atoms with van der Waals surface area (Å²) >= 11 is 0. The molecular weight excluding hydrogens is 254 g/mol. The van der Waals surface area contributed by atoms with Crippen molar-refractivity contribution in [3.63, 3.8) is 0 Å². The van der Waals surface area contributed by atoms with E-state index >= 15 is 0 Å². The second-order valence-electron chi connectivity index (χ2n) is 5.54. The van der Waals surface area contributed by atoms with Gasteiger partial charge in [-0.05, 0) is 24.8 Å². The van der Waals surface area contributed by atoms with Crippen molar-refractivity contribution in [2.75, 3.05) is 6.54 Å². The van der Waals surface area contributed by atoms with Crippen LogP contribution in [0.4, 0.5) is 0 Å². The van der Waals surface area contributed by atoms with Crippen LogP contribution in [0.2, 0.25) is 0 Å². The molecule has 2 N–H and O–H groups in total. The Morgan fingerprint density at radius 3 is 2.75 bits per heavy atom. The molecule has 0 atom stereocenters. The highest BCUT2D eigenvalue weighted by Gasteiger charge is 2.33. The Kier molecular flexibility index (Phi) is 3.73.